The Kier molecular flexibility index (Phi) is 4.09. The summed E-state index contributed by atoms with van der Waals surface area (Å²) in [7, 11) is 3.36. The van der Waals surface area contributed by atoms with E-state index in [9.17, 15) is 0 Å². The molecule has 2 aromatic carbocycles. The van der Waals surface area contributed by atoms with E-state index in [0.717, 1.165) is 35.6 Å². The predicted molar refractivity (Wildman–Crippen MR) is 103 cm³/mol. The molecule has 0 spiro atoms. The van der Waals surface area contributed by atoms with Gasteiger partial charge >= 0.3 is 0 Å². The van der Waals surface area contributed by atoms with Gasteiger partial charge in [-0.1, -0.05) is 24.3 Å². The molecule has 2 aliphatic rings. The van der Waals surface area contributed by atoms with Crippen LogP contribution in [0.2, 0.25) is 0 Å². The van der Waals surface area contributed by atoms with Crippen molar-refractivity contribution in [2.45, 2.75) is 18.9 Å². The van der Waals surface area contributed by atoms with Crippen molar-refractivity contribution in [2.75, 3.05) is 14.2 Å². The number of nitrogens with one attached hydrogen (secondary N) is 2. The van der Waals surface area contributed by atoms with Crippen LogP contribution in [-0.2, 0) is 6.42 Å². The molecule has 2 aromatic rings. The van der Waals surface area contributed by atoms with Crippen LogP contribution in [-0.4, -0.2) is 19.3 Å². The number of fused-ring (bicyclic) bond motifs is 2. The van der Waals surface area contributed by atoms with Gasteiger partial charge in [-0.3, -0.25) is 0 Å². The summed E-state index contributed by atoms with van der Waals surface area (Å²) in [5.74, 6) is 1.63. The first kappa shape index (κ1) is 16.0. The molecule has 128 valence electrons. The van der Waals surface area contributed by atoms with Crippen LogP contribution < -0.4 is 20.1 Å². The van der Waals surface area contributed by atoms with Crippen LogP contribution in [0, 0.1) is 0 Å². The van der Waals surface area contributed by atoms with E-state index in [1.165, 1.54) is 16.7 Å². The van der Waals surface area contributed by atoms with Gasteiger partial charge in [0.15, 0.2) is 5.11 Å². The average molecular weight is 352 g/mol. The third-order valence-electron chi connectivity index (χ3n) is 4.88. The van der Waals surface area contributed by atoms with Crippen LogP contribution in [0.4, 0.5) is 0 Å². The molecule has 0 bridgehead atoms. The molecule has 0 fully saturated rings. The minimum absolute atomic E-state index is 0.0258. The summed E-state index contributed by atoms with van der Waals surface area (Å²) in [5.41, 5.74) is 6.06. The predicted octanol–water partition coefficient (Wildman–Crippen LogP) is 3.58. The second-order valence-corrected chi connectivity index (χ2v) is 6.60. The lowest BCUT2D eigenvalue weighted by Crippen LogP contribution is -2.44. The smallest absolute Gasteiger partial charge is 0.171 e. The van der Waals surface area contributed by atoms with Crippen molar-refractivity contribution in [3.05, 3.63) is 64.7 Å². The number of hydrogen-bond acceptors (Lipinski definition) is 3. The van der Waals surface area contributed by atoms with Crippen molar-refractivity contribution >= 4 is 23.0 Å². The number of hydrogen-bond donors (Lipinski definition) is 2. The van der Waals surface area contributed by atoms with Crippen LogP contribution in [0.5, 0.6) is 11.5 Å². The first-order valence-electron chi connectivity index (χ1n) is 8.32. The SMILES string of the molecule is COc1ccc(OC)c(C2NC(=S)NC3=C2CCc2ccccc23)c1. The first-order chi connectivity index (χ1) is 12.2. The topological polar surface area (TPSA) is 42.5 Å². The van der Waals surface area contributed by atoms with E-state index < -0.39 is 0 Å². The zero-order valence-corrected chi connectivity index (χ0v) is 15.1. The molecule has 0 aromatic heterocycles. The average Bonchev–Trinajstić information content (AvgIpc) is 2.66. The molecule has 1 atom stereocenters. The number of benzene rings is 2. The molecule has 2 N–H and O–H groups in total. The number of aryl methyl sites for hydroxylation is 1. The molecule has 1 aliphatic heterocycles. The van der Waals surface area contributed by atoms with E-state index in [-0.39, 0.29) is 6.04 Å². The standard InChI is InChI=1S/C20H20N2O2S/c1-23-13-8-10-17(24-2)16(11-13)19-15-9-7-12-5-3-4-6-14(12)18(15)21-20(25)22-19/h3-6,8,10-11,19H,7,9H2,1-2H3,(H2,21,22,25). The van der Waals surface area contributed by atoms with Gasteiger partial charge in [-0.25, -0.2) is 0 Å². The van der Waals surface area contributed by atoms with Gasteiger partial charge in [-0.05, 0) is 54.4 Å². The van der Waals surface area contributed by atoms with Gasteiger partial charge in [0, 0.05) is 16.8 Å². The zero-order valence-electron chi connectivity index (χ0n) is 14.3. The fraction of sp³-hybridized carbons (Fsp3) is 0.250. The van der Waals surface area contributed by atoms with Gasteiger partial charge in [0.1, 0.15) is 11.5 Å². The summed E-state index contributed by atoms with van der Waals surface area (Å²) < 4.78 is 11.0. The van der Waals surface area contributed by atoms with Crippen LogP contribution in [0.25, 0.3) is 5.70 Å². The summed E-state index contributed by atoms with van der Waals surface area (Å²) >= 11 is 5.49. The molecule has 5 heteroatoms. The van der Waals surface area contributed by atoms with Crippen LogP contribution in [0.15, 0.2) is 48.0 Å². The van der Waals surface area contributed by atoms with Crippen LogP contribution in [0.1, 0.15) is 29.2 Å². The first-order valence-corrected chi connectivity index (χ1v) is 8.73. The quantitative estimate of drug-likeness (QED) is 0.827. The molecule has 0 amide bonds. The maximum Gasteiger partial charge on any atom is 0.171 e. The summed E-state index contributed by atoms with van der Waals surface area (Å²) in [4.78, 5) is 0. The third-order valence-corrected chi connectivity index (χ3v) is 5.10. The molecule has 4 nitrogen and oxygen atoms in total. The summed E-state index contributed by atoms with van der Waals surface area (Å²) in [6.07, 6.45) is 1.99. The van der Waals surface area contributed by atoms with Gasteiger partial charge in [0.05, 0.1) is 20.3 Å². The van der Waals surface area contributed by atoms with Crippen LogP contribution >= 0.6 is 12.2 Å². The summed E-state index contributed by atoms with van der Waals surface area (Å²) in [6, 6.07) is 14.4. The maximum atomic E-state index is 5.60. The van der Waals surface area contributed by atoms with E-state index in [1.54, 1.807) is 14.2 Å². The van der Waals surface area contributed by atoms with Gasteiger partial charge in [0.2, 0.25) is 0 Å². The molecule has 0 saturated heterocycles. The normalized spacial score (nSPS) is 18.6. The van der Waals surface area contributed by atoms with Crippen molar-refractivity contribution in [2.24, 2.45) is 0 Å². The third kappa shape index (κ3) is 2.74. The molecular formula is C20H20N2O2S. The lowest BCUT2D eigenvalue weighted by Gasteiger charge is -2.36. The van der Waals surface area contributed by atoms with E-state index in [2.05, 4.69) is 34.9 Å². The number of ether oxygens (including phenoxy) is 2. The Morgan fingerprint density at radius 3 is 2.68 bits per heavy atom. The lowest BCUT2D eigenvalue weighted by atomic mass is 9.82. The summed E-state index contributed by atoms with van der Waals surface area (Å²) in [6.45, 7) is 0. The zero-order chi connectivity index (χ0) is 17.4. The van der Waals surface area contributed by atoms with Crippen molar-refractivity contribution in [1.29, 1.82) is 0 Å². The molecule has 4 rings (SSSR count). The Morgan fingerprint density at radius 2 is 1.88 bits per heavy atom. The Labute approximate surface area is 152 Å². The number of methoxy groups -OCH3 is 2. The highest BCUT2D eigenvalue weighted by Gasteiger charge is 2.32. The fourth-order valence-electron chi connectivity index (χ4n) is 3.68. The Bertz CT molecular complexity index is 876. The lowest BCUT2D eigenvalue weighted by molar-refractivity contribution is 0.395. The highest BCUT2D eigenvalue weighted by Crippen LogP contribution is 2.42. The van der Waals surface area contributed by atoms with Crippen LogP contribution in [0.3, 0.4) is 0 Å². The van der Waals surface area contributed by atoms with Gasteiger partial charge in [-0.15, -0.1) is 0 Å². The van der Waals surface area contributed by atoms with Crippen molar-refractivity contribution in [1.82, 2.24) is 10.6 Å². The molecule has 25 heavy (non-hydrogen) atoms. The van der Waals surface area contributed by atoms with E-state index >= 15 is 0 Å². The van der Waals surface area contributed by atoms with Crippen molar-refractivity contribution < 1.29 is 9.47 Å². The highest BCUT2D eigenvalue weighted by atomic mass is 32.1. The van der Waals surface area contributed by atoms with Gasteiger partial charge in [0.25, 0.3) is 0 Å². The monoisotopic (exact) mass is 352 g/mol. The molecule has 0 radical (unpaired) electrons. The van der Waals surface area contributed by atoms with Crippen molar-refractivity contribution in [3.63, 3.8) is 0 Å². The molecule has 0 saturated carbocycles. The highest BCUT2D eigenvalue weighted by molar-refractivity contribution is 7.80. The Balaban J connectivity index is 1.87. The number of thiocarbonyl (C=S) groups is 1. The van der Waals surface area contributed by atoms with E-state index in [4.69, 9.17) is 21.7 Å². The number of rotatable bonds is 3. The largest absolute Gasteiger partial charge is 0.497 e. The second-order valence-electron chi connectivity index (χ2n) is 6.20. The van der Waals surface area contributed by atoms with E-state index in [0.29, 0.717) is 5.11 Å². The second kappa shape index (κ2) is 6.41. The fourth-order valence-corrected chi connectivity index (χ4v) is 3.90. The Hall–Kier alpha value is -2.53. The van der Waals surface area contributed by atoms with E-state index in [1.807, 2.05) is 18.2 Å². The minimum Gasteiger partial charge on any atom is -0.497 e. The summed E-state index contributed by atoms with van der Waals surface area (Å²) in [5, 5.41) is 7.41. The van der Waals surface area contributed by atoms with Crippen molar-refractivity contribution in [3.8, 4) is 11.5 Å². The molecule has 1 heterocycles. The minimum atomic E-state index is -0.0258. The molecule has 1 aliphatic carbocycles. The van der Waals surface area contributed by atoms with Gasteiger partial charge < -0.3 is 20.1 Å². The Morgan fingerprint density at radius 1 is 1.04 bits per heavy atom. The van der Waals surface area contributed by atoms with Gasteiger partial charge in [-0.2, -0.15) is 0 Å². The molecular weight excluding hydrogens is 332 g/mol. The molecule has 1 unspecified atom stereocenters. The maximum absolute atomic E-state index is 5.60.